The van der Waals surface area contributed by atoms with Gasteiger partial charge in [0.1, 0.15) is 0 Å². The molecule has 0 spiro atoms. The second kappa shape index (κ2) is 10.5. The van der Waals surface area contributed by atoms with E-state index in [9.17, 15) is 9.59 Å². The molecule has 0 radical (unpaired) electrons. The van der Waals surface area contributed by atoms with Crippen molar-refractivity contribution < 1.29 is 9.59 Å². The Labute approximate surface area is 184 Å². The number of hydrogen-bond acceptors (Lipinski definition) is 3. The number of aryl methyl sites for hydroxylation is 1. The standard InChI is InChI=1S/C26H29N3O2/c1-19-14-16-23(17-15-19)27-24(30)18-29(3)20(2)26(31)28-25(21-10-6-4-7-11-21)22-12-8-5-9-13-22/h4-17,20,25H,18H2,1-3H3,(H,27,30)(H,28,31)/t20-/m1/s1. The zero-order valence-corrected chi connectivity index (χ0v) is 18.2. The number of nitrogens with one attached hydrogen (secondary N) is 2. The van der Waals surface area contributed by atoms with Crippen LogP contribution < -0.4 is 10.6 Å². The van der Waals surface area contributed by atoms with Gasteiger partial charge in [-0.05, 0) is 44.2 Å². The molecule has 31 heavy (non-hydrogen) atoms. The van der Waals surface area contributed by atoms with Crippen LogP contribution in [-0.2, 0) is 9.59 Å². The lowest BCUT2D eigenvalue weighted by Gasteiger charge is -2.27. The molecule has 1 atom stereocenters. The van der Waals surface area contributed by atoms with Crippen LogP contribution in [0.1, 0.15) is 29.7 Å². The molecule has 5 heteroatoms. The topological polar surface area (TPSA) is 61.4 Å². The Morgan fingerprint density at radius 3 is 1.87 bits per heavy atom. The Balaban J connectivity index is 1.64. The number of anilines is 1. The van der Waals surface area contributed by atoms with Gasteiger partial charge in [-0.25, -0.2) is 0 Å². The minimum Gasteiger partial charge on any atom is -0.344 e. The smallest absolute Gasteiger partial charge is 0.238 e. The summed E-state index contributed by atoms with van der Waals surface area (Å²) in [7, 11) is 1.78. The van der Waals surface area contributed by atoms with E-state index in [1.54, 1.807) is 11.9 Å². The molecule has 0 bridgehead atoms. The van der Waals surface area contributed by atoms with E-state index in [1.165, 1.54) is 0 Å². The van der Waals surface area contributed by atoms with Gasteiger partial charge < -0.3 is 10.6 Å². The van der Waals surface area contributed by atoms with Crippen LogP contribution in [0.5, 0.6) is 0 Å². The van der Waals surface area contributed by atoms with Gasteiger partial charge in [-0.15, -0.1) is 0 Å². The highest BCUT2D eigenvalue weighted by Gasteiger charge is 2.24. The van der Waals surface area contributed by atoms with Crippen LogP contribution >= 0.6 is 0 Å². The second-order valence-corrected chi connectivity index (χ2v) is 7.77. The van der Waals surface area contributed by atoms with E-state index in [2.05, 4.69) is 10.6 Å². The van der Waals surface area contributed by atoms with E-state index in [0.717, 1.165) is 22.4 Å². The van der Waals surface area contributed by atoms with Gasteiger partial charge in [0.2, 0.25) is 11.8 Å². The third-order valence-corrected chi connectivity index (χ3v) is 5.32. The highest BCUT2D eigenvalue weighted by molar-refractivity contribution is 5.92. The first-order valence-electron chi connectivity index (χ1n) is 10.4. The van der Waals surface area contributed by atoms with Gasteiger partial charge in [0.05, 0.1) is 18.6 Å². The monoisotopic (exact) mass is 415 g/mol. The van der Waals surface area contributed by atoms with Crippen molar-refractivity contribution in [2.45, 2.75) is 25.9 Å². The van der Waals surface area contributed by atoms with Crippen molar-refractivity contribution in [3.8, 4) is 0 Å². The molecule has 2 N–H and O–H groups in total. The van der Waals surface area contributed by atoms with E-state index in [-0.39, 0.29) is 24.4 Å². The Kier molecular flexibility index (Phi) is 7.57. The quantitative estimate of drug-likeness (QED) is 0.581. The first-order chi connectivity index (χ1) is 14.9. The largest absolute Gasteiger partial charge is 0.344 e. The van der Waals surface area contributed by atoms with Crippen molar-refractivity contribution in [2.24, 2.45) is 0 Å². The van der Waals surface area contributed by atoms with E-state index in [4.69, 9.17) is 0 Å². The fourth-order valence-electron chi connectivity index (χ4n) is 3.31. The number of benzene rings is 3. The molecule has 0 aromatic heterocycles. The summed E-state index contributed by atoms with van der Waals surface area (Å²) in [6, 6.07) is 26.7. The Morgan fingerprint density at radius 2 is 1.35 bits per heavy atom. The molecule has 0 fully saturated rings. The average molecular weight is 416 g/mol. The Hall–Kier alpha value is -3.44. The predicted molar refractivity (Wildman–Crippen MR) is 125 cm³/mol. The van der Waals surface area contributed by atoms with Crippen LogP contribution in [-0.4, -0.2) is 36.3 Å². The van der Waals surface area contributed by atoms with Crippen molar-refractivity contribution >= 4 is 17.5 Å². The molecule has 0 aliphatic carbocycles. The molecule has 160 valence electrons. The molecule has 3 rings (SSSR count). The van der Waals surface area contributed by atoms with E-state index in [0.29, 0.717) is 0 Å². The lowest BCUT2D eigenvalue weighted by Crippen LogP contribution is -2.47. The van der Waals surface area contributed by atoms with Crippen molar-refractivity contribution in [2.75, 3.05) is 18.9 Å². The van der Waals surface area contributed by atoms with Crippen molar-refractivity contribution in [3.05, 3.63) is 102 Å². The SMILES string of the molecule is Cc1ccc(NC(=O)CN(C)[C@H](C)C(=O)NC(c2ccccc2)c2ccccc2)cc1. The van der Waals surface area contributed by atoms with Crippen LogP contribution in [0.25, 0.3) is 0 Å². The summed E-state index contributed by atoms with van der Waals surface area (Å²) >= 11 is 0. The van der Waals surface area contributed by atoms with Gasteiger partial charge in [-0.1, -0.05) is 78.4 Å². The molecule has 0 unspecified atom stereocenters. The minimum absolute atomic E-state index is 0.115. The Bertz CT molecular complexity index is 949. The van der Waals surface area contributed by atoms with Gasteiger partial charge in [0, 0.05) is 5.69 Å². The summed E-state index contributed by atoms with van der Waals surface area (Å²) in [5.41, 5.74) is 3.89. The van der Waals surface area contributed by atoms with Crippen molar-refractivity contribution in [1.82, 2.24) is 10.2 Å². The van der Waals surface area contributed by atoms with E-state index in [1.807, 2.05) is 98.8 Å². The van der Waals surface area contributed by atoms with Crippen molar-refractivity contribution in [1.29, 1.82) is 0 Å². The third-order valence-electron chi connectivity index (χ3n) is 5.32. The molecular formula is C26H29N3O2. The molecule has 5 nitrogen and oxygen atoms in total. The number of hydrogen-bond donors (Lipinski definition) is 2. The van der Waals surface area contributed by atoms with Gasteiger partial charge >= 0.3 is 0 Å². The van der Waals surface area contributed by atoms with Crippen LogP contribution in [0.15, 0.2) is 84.9 Å². The summed E-state index contributed by atoms with van der Waals surface area (Å²) in [6.45, 7) is 3.92. The number of carbonyl (C=O) groups is 2. The second-order valence-electron chi connectivity index (χ2n) is 7.77. The maximum atomic E-state index is 13.0. The van der Waals surface area contributed by atoms with Crippen LogP contribution in [0.2, 0.25) is 0 Å². The molecule has 0 aliphatic heterocycles. The maximum Gasteiger partial charge on any atom is 0.238 e. The fourth-order valence-corrected chi connectivity index (χ4v) is 3.31. The van der Waals surface area contributed by atoms with Crippen molar-refractivity contribution in [3.63, 3.8) is 0 Å². The number of nitrogens with zero attached hydrogens (tertiary/aromatic N) is 1. The van der Waals surface area contributed by atoms with Gasteiger partial charge in [-0.3, -0.25) is 14.5 Å². The zero-order chi connectivity index (χ0) is 22.2. The normalized spacial score (nSPS) is 11.9. The predicted octanol–water partition coefficient (Wildman–Crippen LogP) is 4.16. The van der Waals surface area contributed by atoms with Gasteiger partial charge in [-0.2, -0.15) is 0 Å². The molecule has 3 aromatic carbocycles. The molecule has 3 aromatic rings. The highest BCUT2D eigenvalue weighted by atomic mass is 16.2. The molecule has 2 amide bonds. The molecular weight excluding hydrogens is 386 g/mol. The summed E-state index contributed by atoms with van der Waals surface area (Å²) in [5.74, 6) is -0.294. The summed E-state index contributed by atoms with van der Waals surface area (Å²) in [4.78, 5) is 27.2. The van der Waals surface area contributed by atoms with Crippen LogP contribution in [0.4, 0.5) is 5.69 Å². The molecule has 0 aliphatic rings. The molecule has 0 saturated carbocycles. The highest BCUT2D eigenvalue weighted by Crippen LogP contribution is 2.22. The zero-order valence-electron chi connectivity index (χ0n) is 18.2. The van der Waals surface area contributed by atoms with E-state index < -0.39 is 6.04 Å². The van der Waals surface area contributed by atoms with Crippen LogP contribution in [0, 0.1) is 6.92 Å². The van der Waals surface area contributed by atoms with Crippen LogP contribution in [0.3, 0.4) is 0 Å². The number of carbonyl (C=O) groups excluding carboxylic acids is 2. The first-order valence-corrected chi connectivity index (χ1v) is 10.4. The first kappa shape index (κ1) is 22.2. The fraction of sp³-hybridized carbons (Fsp3) is 0.231. The number of rotatable bonds is 8. The van der Waals surface area contributed by atoms with E-state index >= 15 is 0 Å². The van der Waals surface area contributed by atoms with Gasteiger partial charge in [0.15, 0.2) is 0 Å². The average Bonchev–Trinajstić information content (AvgIpc) is 2.79. The lowest BCUT2D eigenvalue weighted by molar-refractivity contribution is -0.127. The lowest BCUT2D eigenvalue weighted by atomic mass is 9.98. The number of amides is 2. The Morgan fingerprint density at radius 1 is 0.839 bits per heavy atom. The maximum absolute atomic E-state index is 13.0. The third kappa shape index (κ3) is 6.27. The number of likely N-dealkylation sites (N-methyl/N-ethyl adjacent to an activating group) is 1. The van der Waals surface area contributed by atoms with Gasteiger partial charge in [0.25, 0.3) is 0 Å². The summed E-state index contributed by atoms with van der Waals surface area (Å²) in [6.07, 6.45) is 0. The summed E-state index contributed by atoms with van der Waals surface area (Å²) < 4.78 is 0. The molecule has 0 saturated heterocycles. The minimum atomic E-state index is -0.473. The molecule has 0 heterocycles. The summed E-state index contributed by atoms with van der Waals surface area (Å²) in [5, 5.41) is 6.02.